The first kappa shape index (κ1) is 7.32. The Bertz CT molecular complexity index is 145. The van der Waals surface area contributed by atoms with Crippen LogP contribution in [0.2, 0.25) is 0 Å². The van der Waals surface area contributed by atoms with Crippen LogP contribution in [0.15, 0.2) is 12.3 Å². The first-order valence-corrected chi connectivity index (χ1v) is 3.74. The molecule has 2 N–H and O–H groups in total. The molecule has 56 valence electrons. The van der Waals surface area contributed by atoms with Crippen molar-refractivity contribution in [1.29, 1.82) is 5.41 Å². The first-order chi connectivity index (χ1) is 4.79. The molecule has 0 radical (unpaired) electrons. The van der Waals surface area contributed by atoms with Crippen LogP contribution in [0, 0.1) is 11.3 Å². The van der Waals surface area contributed by atoms with E-state index in [1.807, 2.05) is 6.20 Å². The molecule has 1 saturated carbocycles. The number of rotatable bonds is 4. The number of hydrogen-bond donors (Lipinski definition) is 2. The van der Waals surface area contributed by atoms with Gasteiger partial charge in [-0.2, -0.15) is 0 Å². The average Bonchev–Trinajstić information content (AvgIpc) is 2.62. The topological polar surface area (TPSA) is 35.9 Å². The van der Waals surface area contributed by atoms with E-state index < -0.39 is 0 Å². The molecule has 1 aliphatic carbocycles. The molecule has 1 fully saturated rings. The molecule has 10 heavy (non-hydrogen) atoms. The highest BCUT2D eigenvalue weighted by molar-refractivity contribution is 5.89. The SMILES string of the molecule is CC(=N)/C=C\NCC1CC1. The largest absolute Gasteiger partial charge is 0.391 e. The van der Waals surface area contributed by atoms with Crippen molar-refractivity contribution in [1.82, 2.24) is 5.32 Å². The second-order valence-corrected chi connectivity index (χ2v) is 2.87. The quantitative estimate of drug-likeness (QED) is 0.568. The third-order valence-electron chi connectivity index (χ3n) is 1.55. The Balaban J connectivity index is 1.97. The molecule has 0 heterocycles. The fourth-order valence-corrected chi connectivity index (χ4v) is 0.741. The highest BCUT2D eigenvalue weighted by atomic mass is 14.8. The number of nitrogens with one attached hydrogen (secondary N) is 2. The summed E-state index contributed by atoms with van der Waals surface area (Å²) >= 11 is 0. The van der Waals surface area contributed by atoms with Gasteiger partial charge in [-0.25, -0.2) is 0 Å². The Morgan fingerprint density at radius 3 is 2.90 bits per heavy atom. The monoisotopic (exact) mass is 138 g/mol. The van der Waals surface area contributed by atoms with Crippen LogP contribution in [0.1, 0.15) is 19.8 Å². The molecule has 0 aliphatic heterocycles. The van der Waals surface area contributed by atoms with Gasteiger partial charge in [0.1, 0.15) is 0 Å². The smallest absolute Gasteiger partial charge is 0.0297 e. The molecule has 0 unspecified atom stereocenters. The van der Waals surface area contributed by atoms with Crippen LogP contribution in [0.3, 0.4) is 0 Å². The van der Waals surface area contributed by atoms with Gasteiger partial charge in [-0.3, -0.25) is 0 Å². The van der Waals surface area contributed by atoms with Gasteiger partial charge < -0.3 is 10.7 Å². The maximum absolute atomic E-state index is 7.07. The summed E-state index contributed by atoms with van der Waals surface area (Å²) in [5.41, 5.74) is 0.600. The van der Waals surface area contributed by atoms with Gasteiger partial charge in [0.25, 0.3) is 0 Å². The number of allylic oxidation sites excluding steroid dienone is 1. The zero-order chi connectivity index (χ0) is 7.40. The first-order valence-electron chi connectivity index (χ1n) is 3.74. The van der Waals surface area contributed by atoms with Crippen LogP contribution in [0.25, 0.3) is 0 Å². The number of hydrogen-bond acceptors (Lipinski definition) is 2. The lowest BCUT2D eigenvalue weighted by Gasteiger charge is -1.94. The Morgan fingerprint density at radius 2 is 2.40 bits per heavy atom. The van der Waals surface area contributed by atoms with Crippen molar-refractivity contribution in [3.05, 3.63) is 12.3 Å². The van der Waals surface area contributed by atoms with E-state index in [1.54, 1.807) is 13.0 Å². The van der Waals surface area contributed by atoms with Gasteiger partial charge in [-0.05, 0) is 38.0 Å². The van der Waals surface area contributed by atoms with Crippen LogP contribution in [-0.4, -0.2) is 12.3 Å². The molecule has 0 bridgehead atoms. The van der Waals surface area contributed by atoms with Gasteiger partial charge in [-0.15, -0.1) is 0 Å². The van der Waals surface area contributed by atoms with Gasteiger partial charge in [0, 0.05) is 12.3 Å². The van der Waals surface area contributed by atoms with Gasteiger partial charge in [-0.1, -0.05) is 0 Å². The maximum atomic E-state index is 7.07. The minimum Gasteiger partial charge on any atom is -0.391 e. The summed E-state index contributed by atoms with van der Waals surface area (Å²) in [6.07, 6.45) is 6.40. The second-order valence-electron chi connectivity index (χ2n) is 2.87. The summed E-state index contributed by atoms with van der Waals surface area (Å²) in [5.74, 6) is 0.913. The molecule has 1 rings (SSSR count). The highest BCUT2D eigenvalue weighted by Gasteiger charge is 2.19. The average molecular weight is 138 g/mol. The summed E-state index contributed by atoms with van der Waals surface area (Å²) in [4.78, 5) is 0. The minimum absolute atomic E-state index is 0.600. The van der Waals surface area contributed by atoms with Crippen molar-refractivity contribution in [2.75, 3.05) is 6.54 Å². The standard InChI is InChI=1S/C8H14N2/c1-7(9)4-5-10-6-8-2-3-8/h4-5,8-10H,2-3,6H2,1H3/b5-4-,9-7?. The molecular formula is C8H14N2. The Kier molecular flexibility index (Phi) is 2.49. The molecule has 0 atom stereocenters. The summed E-state index contributed by atoms with van der Waals surface area (Å²) < 4.78 is 0. The zero-order valence-electron chi connectivity index (χ0n) is 6.35. The van der Waals surface area contributed by atoms with E-state index in [2.05, 4.69) is 5.32 Å². The Labute approximate surface area is 61.8 Å². The second kappa shape index (κ2) is 3.40. The van der Waals surface area contributed by atoms with E-state index in [0.29, 0.717) is 5.71 Å². The summed E-state index contributed by atoms with van der Waals surface area (Å²) in [6.45, 7) is 2.86. The third kappa shape index (κ3) is 3.28. The molecule has 0 aromatic rings. The van der Waals surface area contributed by atoms with Gasteiger partial charge in [0.15, 0.2) is 0 Å². The summed E-state index contributed by atoms with van der Waals surface area (Å²) in [5, 5.41) is 10.2. The fraction of sp³-hybridized carbons (Fsp3) is 0.625. The zero-order valence-corrected chi connectivity index (χ0v) is 6.35. The molecular weight excluding hydrogens is 124 g/mol. The van der Waals surface area contributed by atoms with Gasteiger partial charge in [0.05, 0.1) is 0 Å². The predicted octanol–water partition coefficient (Wildman–Crippen LogP) is 1.54. The lowest BCUT2D eigenvalue weighted by molar-refractivity contribution is 0.748. The van der Waals surface area contributed by atoms with Crippen LogP contribution in [0.4, 0.5) is 0 Å². The lowest BCUT2D eigenvalue weighted by atomic mass is 10.4. The Hall–Kier alpha value is -0.790. The third-order valence-corrected chi connectivity index (χ3v) is 1.55. The highest BCUT2D eigenvalue weighted by Crippen LogP contribution is 2.27. The van der Waals surface area contributed by atoms with E-state index >= 15 is 0 Å². The van der Waals surface area contributed by atoms with Crippen molar-refractivity contribution in [2.45, 2.75) is 19.8 Å². The van der Waals surface area contributed by atoms with Crippen LogP contribution in [0.5, 0.6) is 0 Å². The van der Waals surface area contributed by atoms with E-state index in [9.17, 15) is 0 Å². The van der Waals surface area contributed by atoms with E-state index in [0.717, 1.165) is 12.5 Å². The van der Waals surface area contributed by atoms with Crippen molar-refractivity contribution in [2.24, 2.45) is 5.92 Å². The van der Waals surface area contributed by atoms with Gasteiger partial charge >= 0.3 is 0 Å². The van der Waals surface area contributed by atoms with E-state index in [-0.39, 0.29) is 0 Å². The molecule has 0 spiro atoms. The van der Waals surface area contributed by atoms with E-state index in [4.69, 9.17) is 5.41 Å². The van der Waals surface area contributed by atoms with Crippen LogP contribution < -0.4 is 5.32 Å². The van der Waals surface area contributed by atoms with Crippen molar-refractivity contribution < 1.29 is 0 Å². The fourth-order valence-electron chi connectivity index (χ4n) is 0.741. The summed E-state index contributed by atoms with van der Waals surface area (Å²) in [6, 6.07) is 0. The normalized spacial score (nSPS) is 17.7. The molecule has 0 saturated heterocycles. The maximum Gasteiger partial charge on any atom is 0.0297 e. The molecule has 0 aromatic carbocycles. The van der Waals surface area contributed by atoms with E-state index in [1.165, 1.54) is 12.8 Å². The van der Waals surface area contributed by atoms with Crippen molar-refractivity contribution in [3.8, 4) is 0 Å². The Morgan fingerprint density at radius 1 is 1.70 bits per heavy atom. The minimum atomic E-state index is 0.600. The molecule has 0 amide bonds. The lowest BCUT2D eigenvalue weighted by Crippen LogP contribution is -2.08. The molecule has 2 nitrogen and oxygen atoms in total. The van der Waals surface area contributed by atoms with Crippen LogP contribution in [-0.2, 0) is 0 Å². The molecule has 1 aliphatic rings. The van der Waals surface area contributed by atoms with Crippen LogP contribution >= 0.6 is 0 Å². The van der Waals surface area contributed by atoms with Crippen molar-refractivity contribution in [3.63, 3.8) is 0 Å². The molecule has 0 aromatic heterocycles. The molecule has 2 heteroatoms. The van der Waals surface area contributed by atoms with Crippen molar-refractivity contribution >= 4 is 5.71 Å². The summed E-state index contributed by atoms with van der Waals surface area (Å²) in [7, 11) is 0. The van der Waals surface area contributed by atoms with Gasteiger partial charge in [0.2, 0.25) is 0 Å². The predicted molar refractivity (Wildman–Crippen MR) is 43.3 cm³/mol.